The number of non-ortho nitro benzene ring substituents is 1. The molecule has 2 heterocycles. The number of amides is 2. The average molecular weight is 447 g/mol. The predicted molar refractivity (Wildman–Crippen MR) is 118 cm³/mol. The van der Waals surface area contributed by atoms with Gasteiger partial charge < -0.3 is 9.47 Å². The van der Waals surface area contributed by atoms with Crippen LogP contribution < -0.4 is 4.80 Å². The number of hydrogen-bond donors (Lipinski definition) is 0. The van der Waals surface area contributed by atoms with Crippen molar-refractivity contribution in [1.29, 1.82) is 0 Å². The van der Waals surface area contributed by atoms with Crippen molar-refractivity contribution in [2.75, 3.05) is 18.1 Å². The van der Waals surface area contributed by atoms with Crippen LogP contribution >= 0.6 is 23.1 Å². The Kier molecular flexibility index (Phi) is 7.29. The number of likely N-dealkylation sites (tertiary alicyclic amines) is 1. The zero-order chi connectivity index (χ0) is 21.7. The van der Waals surface area contributed by atoms with Crippen molar-refractivity contribution in [3.63, 3.8) is 0 Å². The van der Waals surface area contributed by atoms with Crippen LogP contribution in [0.3, 0.4) is 0 Å². The zero-order valence-corrected chi connectivity index (χ0v) is 18.2. The molecule has 1 atom stereocenters. The standard InChI is InChI=1S/C20H22N4O4S2/c1-3-9-23-16-8-7-15(24(27)28)11-17(16)30-20(23)21-18(25)12-29-13-19(26)22-10-5-4-6-14(22)2/h1,7-8,11,14H,4-6,9-10,12-13H2,2H3. The van der Waals surface area contributed by atoms with Crippen LogP contribution in [0.2, 0.25) is 0 Å². The van der Waals surface area contributed by atoms with Gasteiger partial charge in [-0.15, -0.1) is 18.2 Å². The van der Waals surface area contributed by atoms with Gasteiger partial charge in [0.15, 0.2) is 4.80 Å². The minimum Gasteiger partial charge on any atom is -0.339 e. The Hall–Kier alpha value is -2.64. The molecule has 0 bridgehead atoms. The minimum atomic E-state index is -0.469. The number of nitro benzene ring substituents is 1. The highest BCUT2D eigenvalue weighted by Gasteiger charge is 2.23. The van der Waals surface area contributed by atoms with Gasteiger partial charge in [-0.05, 0) is 32.3 Å². The van der Waals surface area contributed by atoms with Gasteiger partial charge in [0.2, 0.25) is 5.91 Å². The van der Waals surface area contributed by atoms with Crippen LogP contribution in [0, 0.1) is 22.5 Å². The van der Waals surface area contributed by atoms with Crippen molar-refractivity contribution in [2.45, 2.75) is 38.8 Å². The number of thiazole rings is 1. The van der Waals surface area contributed by atoms with Crippen molar-refractivity contribution in [3.8, 4) is 12.3 Å². The van der Waals surface area contributed by atoms with E-state index in [1.165, 1.54) is 35.2 Å². The molecule has 30 heavy (non-hydrogen) atoms. The molecule has 0 aliphatic carbocycles. The lowest BCUT2D eigenvalue weighted by atomic mass is 10.0. The molecular weight excluding hydrogens is 424 g/mol. The highest BCUT2D eigenvalue weighted by atomic mass is 32.2. The predicted octanol–water partition coefficient (Wildman–Crippen LogP) is 2.81. The first kappa shape index (κ1) is 22.1. The molecule has 1 aromatic carbocycles. The van der Waals surface area contributed by atoms with Gasteiger partial charge in [0.25, 0.3) is 11.6 Å². The van der Waals surface area contributed by atoms with E-state index in [1.807, 2.05) is 4.90 Å². The second-order valence-electron chi connectivity index (χ2n) is 7.01. The maximum Gasteiger partial charge on any atom is 0.270 e. The quantitative estimate of drug-likeness (QED) is 0.386. The Morgan fingerprint density at radius 3 is 2.90 bits per heavy atom. The van der Waals surface area contributed by atoms with E-state index in [9.17, 15) is 19.7 Å². The summed E-state index contributed by atoms with van der Waals surface area (Å²) in [4.78, 5) is 41.7. The van der Waals surface area contributed by atoms with E-state index in [1.54, 1.807) is 10.6 Å². The van der Waals surface area contributed by atoms with Gasteiger partial charge in [-0.2, -0.15) is 4.99 Å². The summed E-state index contributed by atoms with van der Waals surface area (Å²) >= 11 is 2.43. The molecule has 0 spiro atoms. The fourth-order valence-electron chi connectivity index (χ4n) is 3.42. The summed E-state index contributed by atoms with van der Waals surface area (Å²) < 4.78 is 2.32. The van der Waals surface area contributed by atoms with E-state index in [2.05, 4.69) is 17.8 Å². The molecule has 1 aliphatic rings. The Morgan fingerprint density at radius 1 is 1.40 bits per heavy atom. The Bertz CT molecular complexity index is 1080. The summed E-state index contributed by atoms with van der Waals surface area (Å²) in [5, 5.41) is 11.0. The number of nitrogens with zero attached hydrogens (tertiary/aromatic N) is 4. The molecule has 10 heteroatoms. The van der Waals surface area contributed by atoms with Crippen LogP contribution in [0.4, 0.5) is 5.69 Å². The second kappa shape index (κ2) is 9.91. The molecule has 1 aromatic heterocycles. The van der Waals surface area contributed by atoms with Gasteiger partial charge in [0, 0.05) is 24.7 Å². The molecule has 0 radical (unpaired) electrons. The summed E-state index contributed by atoms with van der Waals surface area (Å²) in [6.45, 7) is 3.03. The van der Waals surface area contributed by atoms with Gasteiger partial charge in [-0.1, -0.05) is 17.3 Å². The normalized spacial score (nSPS) is 17.1. The number of hydrogen-bond acceptors (Lipinski definition) is 6. The Labute approximate surface area is 182 Å². The van der Waals surface area contributed by atoms with Crippen molar-refractivity contribution in [1.82, 2.24) is 9.47 Å². The molecule has 0 saturated carbocycles. The molecule has 0 N–H and O–H groups in total. The number of carbonyl (C=O) groups is 2. The third-order valence-corrected chi connectivity index (χ3v) is 6.86. The third kappa shape index (κ3) is 5.09. The second-order valence-corrected chi connectivity index (χ2v) is 9.01. The number of piperidine rings is 1. The van der Waals surface area contributed by atoms with Gasteiger partial charge in [-0.3, -0.25) is 19.7 Å². The number of terminal acetylenes is 1. The van der Waals surface area contributed by atoms with Gasteiger partial charge in [0.05, 0.1) is 33.2 Å². The van der Waals surface area contributed by atoms with Crippen LogP contribution in [0.15, 0.2) is 23.2 Å². The molecule has 1 fully saturated rings. The summed E-state index contributed by atoms with van der Waals surface area (Å²) in [6.07, 6.45) is 8.62. The third-order valence-electron chi connectivity index (χ3n) is 4.92. The van der Waals surface area contributed by atoms with Gasteiger partial charge in [0.1, 0.15) is 0 Å². The highest BCUT2D eigenvalue weighted by molar-refractivity contribution is 8.00. The molecular formula is C20H22N4O4S2. The topological polar surface area (TPSA) is 97.8 Å². The maximum atomic E-state index is 12.4. The molecule has 8 nitrogen and oxygen atoms in total. The van der Waals surface area contributed by atoms with E-state index < -0.39 is 4.92 Å². The van der Waals surface area contributed by atoms with Gasteiger partial charge in [-0.25, -0.2) is 0 Å². The molecule has 1 saturated heterocycles. The summed E-state index contributed by atoms with van der Waals surface area (Å²) in [6, 6.07) is 4.70. The number of carbonyl (C=O) groups excluding carboxylic acids is 2. The maximum absolute atomic E-state index is 12.4. The summed E-state index contributed by atoms with van der Waals surface area (Å²) in [5.74, 6) is 2.53. The minimum absolute atomic E-state index is 0.0320. The van der Waals surface area contributed by atoms with Crippen LogP contribution in [0.25, 0.3) is 10.2 Å². The molecule has 2 aromatic rings. The van der Waals surface area contributed by atoms with E-state index >= 15 is 0 Å². The molecule has 2 amide bonds. The number of nitro groups is 1. The molecule has 1 aliphatic heterocycles. The lowest BCUT2D eigenvalue weighted by molar-refractivity contribution is -0.384. The van der Waals surface area contributed by atoms with Crippen LogP contribution in [-0.4, -0.2) is 50.3 Å². The van der Waals surface area contributed by atoms with E-state index in [4.69, 9.17) is 6.42 Å². The van der Waals surface area contributed by atoms with Gasteiger partial charge >= 0.3 is 0 Å². The van der Waals surface area contributed by atoms with Crippen LogP contribution in [0.5, 0.6) is 0 Å². The van der Waals surface area contributed by atoms with Crippen molar-refractivity contribution >= 4 is 50.8 Å². The monoisotopic (exact) mass is 446 g/mol. The Morgan fingerprint density at radius 2 is 2.20 bits per heavy atom. The number of fused-ring (bicyclic) bond motifs is 1. The zero-order valence-electron chi connectivity index (χ0n) is 16.6. The molecule has 3 rings (SSSR count). The molecule has 158 valence electrons. The first-order valence-corrected chi connectivity index (χ1v) is 11.5. The lowest BCUT2D eigenvalue weighted by Crippen LogP contribution is -2.43. The molecule has 1 unspecified atom stereocenters. The Balaban J connectivity index is 1.71. The number of thioether (sulfide) groups is 1. The highest BCUT2D eigenvalue weighted by Crippen LogP contribution is 2.23. The van der Waals surface area contributed by atoms with E-state index in [-0.39, 0.29) is 41.6 Å². The fraction of sp³-hybridized carbons (Fsp3) is 0.450. The van der Waals surface area contributed by atoms with E-state index in [0.29, 0.717) is 15.0 Å². The smallest absolute Gasteiger partial charge is 0.270 e. The lowest BCUT2D eigenvalue weighted by Gasteiger charge is -2.33. The SMILES string of the molecule is C#CCn1c(=NC(=O)CSCC(=O)N2CCCCC2C)sc2cc([N+](=O)[O-])ccc21. The largest absolute Gasteiger partial charge is 0.339 e. The first-order valence-electron chi connectivity index (χ1n) is 9.56. The number of aromatic nitrogens is 1. The first-order chi connectivity index (χ1) is 14.4. The number of benzene rings is 1. The van der Waals surface area contributed by atoms with Crippen LogP contribution in [0.1, 0.15) is 26.2 Å². The van der Waals surface area contributed by atoms with Crippen molar-refractivity contribution < 1.29 is 14.5 Å². The summed E-state index contributed by atoms with van der Waals surface area (Å²) in [7, 11) is 0. The summed E-state index contributed by atoms with van der Waals surface area (Å²) in [5.41, 5.74) is 0.660. The fourth-order valence-corrected chi connectivity index (χ4v) is 5.18. The van der Waals surface area contributed by atoms with Crippen LogP contribution in [-0.2, 0) is 16.1 Å². The average Bonchev–Trinajstić information content (AvgIpc) is 3.04. The van der Waals surface area contributed by atoms with Crippen molar-refractivity contribution in [2.24, 2.45) is 4.99 Å². The van der Waals surface area contributed by atoms with E-state index in [0.717, 1.165) is 25.8 Å². The number of rotatable bonds is 6. The van der Waals surface area contributed by atoms with Crippen molar-refractivity contribution in [3.05, 3.63) is 33.1 Å².